The molecule has 0 bridgehead atoms. The molecule has 4 rings (SSSR count). The predicted octanol–water partition coefficient (Wildman–Crippen LogP) is 5.39. The molecular formula is C17H15IN2S. The number of fused-ring (bicyclic) bond motifs is 2. The van der Waals surface area contributed by atoms with Crippen LogP contribution in [0, 0.1) is 2.88 Å². The number of rotatable bonds is 2. The van der Waals surface area contributed by atoms with Crippen LogP contribution < -0.4 is 5.32 Å². The summed E-state index contributed by atoms with van der Waals surface area (Å²) in [6.07, 6.45) is 5.56. The number of hydrogen-bond acceptors (Lipinski definition) is 3. The summed E-state index contributed by atoms with van der Waals surface area (Å²) < 4.78 is 1.39. The topological polar surface area (TPSA) is 24.9 Å². The summed E-state index contributed by atoms with van der Waals surface area (Å²) in [5.41, 5.74) is 3.70. The number of aromatic nitrogens is 1. The number of nitrogens with zero attached hydrogens (tertiary/aromatic N) is 1. The highest BCUT2D eigenvalue weighted by Crippen LogP contribution is 2.38. The number of nitrogens with one attached hydrogen (secondary N) is 1. The summed E-state index contributed by atoms with van der Waals surface area (Å²) in [5, 5.41) is 4.93. The highest BCUT2D eigenvalue weighted by atomic mass is 127. The maximum atomic E-state index is 4.55. The Labute approximate surface area is 141 Å². The van der Waals surface area contributed by atoms with Crippen molar-refractivity contribution in [3.63, 3.8) is 0 Å². The third kappa shape index (κ3) is 2.55. The third-order valence-corrected chi connectivity index (χ3v) is 6.02. The molecule has 3 aromatic rings. The van der Waals surface area contributed by atoms with E-state index < -0.39 is 0 Å². The van der Waals surface area contributed by atoms with E-state index in [1.54, 1.807) is 4.88 Å². The Hall–Kier alpha value is -1.14. The highest BCUT2D eigenvalue weighted by molar-refractivity contribution is 14.1. The molecule has 1 atom stereocenters. The van der Waals surface area contributed by atoms with Gasteiger partial charge in [-0.1, -0.05) is 18.2 Å². The molecule has 0 radical (unpaired) electrons. The minimum absolute atomic E-state index is 0.418. The Kier molecular flexibility index (Phi) is 3.59. The van der Waals surface area contributed by atoms with Crippen molar-refractivity contribution in [1.29, 1.82) is 0 Å². The van der Waals surface area contributed by atoms with Gasteiger partial charge in [-0.15, -0.1) is 11.3 Å². The van der Waals surface area contributed by atoms with Gasteiger partial charge in [0.15, 0.2) is 0 Å². The maximum Gasteiger partial charge on any atom is 0.0933 e. The summed E-state index contributed by atoms with van der Waals surface area (Å²) in [6.45, 7) is 0. The normalized spacial score (nSPS) is 17.7. The first-order valence-electron chi connectivity index (χ1n) is 7.19. The van der Waals surface area contributed by atoms with E-state index in [1.807, 2.05) is 23.6 Å². The lowest BCUT2D eigenvalue weighted by molar-refractivity contribution is 0.609. The number of halogens is 1. The molecule has 1 aromatic carbocycles. The second kappa shape index (κ2) is 5.57. The van der Waals surface area contributed by atoms with Crippen LogP contribution in [0.2, 0.25) is 0 Å². The van der Waals surface area contributed by atoms with Crippen LogP contribution in [0.4, 0.5) is 5.69 Å². The van der Waals surface area contributed by atoms with E-state index in [2.05, 4.69) is 63.2 Å². The second-order valence-corrected chi connectivity index (χ2v) is 8.43. The molecule has 2 heterocycles. The molecule has 0 fully saturated rings. The Morgan fingerprint density at radius 3 is 3.10 bits per heavy atom. The van der Waals surface area contributed by atoms with Gasteiger partial charge in [-0.05, 0) is 65.6 Å². The SMILES string of the molecule is Ic1cc2c(s1)CCCC2Nc1cccc2cccnc12. The van der Waals surface area contributed by atoms with E-state index >= 15 is 0 Å². The fraction of sp³-hybridized carbons (Fsp3) is 0.235. The summed E-state index contributed by atoms with van der Waals surface area (Å²) >= 11 is 4.37. The van der Waals surface area contributed by atoms with Crippen LogP contribution in [0.1, 0.15) is 29.3 Å². The number of thiophene rings is 1. The van der Waals surface area contributed by atoms with Gasteiger partial charge in [-0.2, -0.15) is 0 Å². The van der Waals surface area contributed by atoms with Gasteiger partial charge in [0.05, 0.1) is 20.1 Å². The first-order valence-corrected chi connectivity index (χ1v) is 9.09. The number of para-hydroxylation sites is 1. The predicted molar refractivity (Wildman–Crippen MR) is 98.1 cm³/mol. The Morgan fingerprint density at radius 2 is 2.14 bits per heavy atom. The molecule has 1 aliphatic rings. The molecule has 1 unspecified atom stereocenters. The molecule has 1 aliphatic carbocycles. The van der Waals surface area contributed by atoms with Crippen LogP contribution in [0.3, 0.4) is 0 Å². The minimum Gasteiger partial charge on any atom is -0.376 e. The lowest BCUT2D eigenvalue weighted by Gasteiger charge is -2.25. The molecule has 21 heavy (non-hydrogen) atoms. The van der Waals surface area contributed by atoms with Gasteiger partial charge in [0.1, 0.15) is 0 Å². The van der Waals surface area contributed by atoms with E-state index in [1.165, 1.54) is 33.1 Å². The largest absolute Gasteiger partial charge is 0.376 e. The number of pyridine rings is 1. The number of benzene rings is 1. The van der Waals surface area contributed by atoms with Crippen LogP contribution in [-0.2, 0) is 6.42 Å². The smallest absolute Gasteiger partial charge is 0.0933 e. The third-order valence-electron chi connectivity index (χ3n) is 4.05. The Morgan fingerprint density at radius 1 is 1.24 bits per heavy atom. The van der Waals surface area contributed by atoms with Gasteiger partial charge in [0, 0.05) is 16.5 Å². The van der Waals surface area contributed by atoms with Gasteiger partial charge in [-0.3, -0.25) is 4.98 Å². The summed E-state index contributed by atoms with van der Waals surface area (Å²) in [6, 6.07) is 13.2. The molecule has 0 spiro atoms. The monoisotopic (exact) mass is 406 g/mol. The fourth-order valence-corrected chi connectivity index (χ4v) is 5.20. The van der Waals surface area contributed by atoms with Gasteiger partial charge >= 0.3 is 0 Å². The summed E-state index contributed by atoms with van der Waals surface area (Å²) in [5.74, 6) is 0. The molecule has 106 valence electrons. The Bertz CT molecular complexity index is 791. The van der Waals surface area contributed by atoms with Crippen molar-refractivity contribution in [2.75, 3.05) is 5.32 Å². The van der Waals surface area contributed by atoms with Crippen molar-refractivity contribution in [3.05, 3.63) is 55.9 Å². The molecular weight excluding hydrogens is 391 g/mol. The van der Waals surface area contributed by atoms with Crippen molar-refractivity contribution < 1.29 is 0 Å². The van der Waals surface area contributed by atoms with Crippen LogP contribution >= 0.6 is 33.9 Å². The minimum atomic E-state index is 0.418. The van der Waals surface area contributed by atoms with Crippen molar-refractivity contribution in [3.8, 4) is 0 Å². The molecule has 2 aromatic heterocycles. The van der Waals surface area contributed by atoms with Crippen molar-refractivity contribution in [2.24, 2.45) is 0 Å². The standard InChI is InChI=1S/C17H15IN2S/c18-16-10-12-13(6-2-8-15(12)21-16)20-14-7-1-4-11-5-3-9-19-17(11)14/h1,3-5,7,9-10,13,20H,2,6,8H2. The molecule has 0 aliphatic heterocycles. The first-order chi connectivity index (χ1) is 10.3. The van der Waals surface area contributed by atoms with Crippen molar-refractivity contribution in [2.45, 2.75) is 25.3 Å². The fourth-order valence-electron chi connectivity index (χ4n) is 3.08. The first kappa shape index (κ1) is 13.5. The zero-order valence-electron chi connectivity index (χ0n) is 11.5. The molecule has 1 N–H and O–H groups in total. The van der Waals surface area contributed by atoms with E-state index in [9.17, 15) is 0 Å². The lowest BCUT2D eigenvalue weighted by atomic mass is 9.93. The van der Waals surface area contributed by atoms with Crippen LogP contribution in [0.15, 0.2) is 42.6 Å². The number of aryl methyl sites for hydroxylation is 1. The molecule has 0 amide bonds. The molecule has 0 saturated heterocycles. The van der Waals surface area contributed by atoms with Crippen LogP contribution in [0.5, 0.6) is 0 Å². The van der Waals surface area contributed by atoms with Crippen LogP contribution in [-0.4, -0.2) is 4.98 Å². The van der Waals surface area contributed by atoms with Crippen molar-refractivity contribution in [1.82, 2.24) is 4.98 Å². The number of anilines is 1. The lowest BCUT2D eigenvalue weighted by Crippen LogP contribution is -2.15. The van der Waals surface area contributed by atoms with E-state index in [-0.39, 0.29) is 0 Å². The summed E-state index contributed by atoms with van der Waals surface area (Å²) in [4.78, 5) is 6.10. The van der Waals surface area contributed by atoms with E-state index in [0.29, 0.717) is 6.04 Å². The molecule has 2 nitrogen and oxygen atoms in total. The maximum absolute atomic E-state index is 4.55. The van der Waals surface area contributed by atoms with Gasteiger partial charge < -0.3 is 5.32 Å². The van der Waals surface area contributed by atoms with Gasteiger partial charge in [0.2, 0.25) is 0 Å². The quantitative estimate of drug-likeness (QED) is 0.578. The average molecular weight is 406 g/mol. The summed E-state index contributed by atoms with van der Waals surface area (Å²) in [7, 11) is 0. The van der Waals surface area contributed by atoms with Gasteiger partial charge in [-0.25, -0.2) is 0 Å². The van der Waals surface area contributed by atoms with E-state index in [0.717, 1.165) is 11.2 Å². The molecule has 4 heteroatoms. The van der Waals surface area contributed by atoms with E-state index in [4.69, 9.17) is 0 Å². The zero-order valence-corrected chi connectivity index (χ0v) is 14.4. The van der Waals surface area contributed by atoms with Gasteiger partial charge in [0.25, 0.3) is 0 Å². The molecule has 0 saturated carbocycles. The van der Waals surface area contributed by atoms with Crippen LogP contribution in [0.25, 0.3) is 10.9 Å². The number of hydrogen-bond donors (Lipinski definition) is 1. The zero-order chi connectivity index (χ0) is 14.2. The Balaban J connectivity index is 1.73. The second-order valence-electron chi connectivity index (χ2n) is 5.40. The average Bonchev–Trinajstić information content (AvgIpc) is 2.89. The van der Waals surface area contributed by atoms with Crippen molar-refractivity contribution >= 4 is 50.5 Å². The highest BCUT2D eigenvalue weighted by Gasteiger charge is 2.23.